The van der Waals surface area contributed by atoms with E-state index >= 15 is 0 Å². The zero-order valence-corrected chi connectivity index (χ0v) is 15.1. The Morgan fingerprint density at radius 1 is 1.12 bits per heavy atom. The van der Waals surface area contributed by atoms with Crippen LogP contribution in [-0.4, -0.2) is 35.4 Å². The topological polar surface area (TPSA) is 49.5 Å². The van der Waals surface area contributed by atoms with Crippen LogP contribution in [-0.2, 0) is 6.42 Å². The van der Waals surface area contributed by atoms with Crippen molar-refractivity contribution in [2.75, 3.05) is 31.1 Å². The van der Waals surface area contributed by atoms with E-state index in [2.05, 4.69) is 4.90 Å². The fourth-order valence-corrected chi connectivity index (χ4v) is 4.31. The number of hydrogen-bond acceptors (Lipinski definition) is 4. The highest BCUT2D eigenvalue weighted by Crippen LogP contribution is 2.33. The Labute approximate surface area is 153 Å². The summed E-state index contributed by atoms with van der Waals surface area (Å²) in [5.41, 5.74) is 7.39. The van der Waals surface area contributed by atoms with Crippen LogP contribution in [0, 0.1) is 11.7 Å². The SMILES string of the molecule is Nc1cccc(SCCN2CCC(Cc3ccc(F)cc3)CC2)c1O. The molecule has 2 aromatic rings. The van der Waals surface area contributed by atoms with Crippen LogP contribution < -0.4 is 5.73 Å². The van der Waals surface area contributed by atoms with Gasteiger partial charge in [0.05, 0.1) is 10.6 Å². The molecule has 0 unspecified atom stereocenters. The van der Waals surface area contributed by atoms with Gasteiger partial charge in [-0.05, 0) is 68.1 Å². The van der Waals surface area contributed by atoms with Gasteiger partial charge in [0.1, 0.15) is 5.82 Å². The van der Waals surface area contributed by atoms with Crippen LogP contribution in [0.4, 0.5) is 10.1 Å². The fraction of sp³-hybridized carbons (Fsp3) is 0.400. The second-order valence-electron chi connectivity index (χ2n) is 6.66. The number of halogens is 1. The molecule has 0 spiro atoms. The normalized spacial score (nSPS) is 16.2. The molecule has 1 saturated heterocycles. The summed E-state index contributed by atoms with van der Waals surface area (Å²) in [4.78, 5) is 3.34. The van der Waals surface area contributed by atoms with E-state index in [-0.39, 0.29) is 11.6 Å². The molecular weight excluding hydrogens is 335 g/mol. The molecule has 0 radical (unpaired) electrons. The van der Waals surface area contributed by atoms with Crippen molar-refractivity contribution in [2.24, 2.45) is 5.92 Å². The van der Waals surface area contributed by atoms with Gasteiger partial charge in [-0.3, -0.25) is 0 Å². The molecule has 5 heteroatoms. The predicted molar refractivity (Wildman–Crippen MR) is 103 cm³/mol. The molecule has 0 atom stereocenters. The maximum Gasteiger partial charge on any atom is 0.152 e. The maximum atomic E-state index is 13.0. The Morgan fingerprint density at radius 3 is 2.56 bits per heavy atom. The minimum Gasteiger partial charge on any atom is -0.505 e. The number of nitrogen functional groups attached to an aromatic ring is 1. The first-order chi connectivity index (χ1) is 12.1. The number of piperidine rings is 1. The van der Waals surface area contributed by atoms with E-state index in [0.29, 0.717) is 11.6 Å². The summed E-state index contributed by atoms with van der Waals surface area (Å²) in [6.45, 7) is 3.23. The van der Waals surface area contributed by atoms with Crippen LogP contribution in [0.3, 0.4) is 0 Å². The number of nitrogens with two attached hydrogens (primary N) is 1. The number of anilines is 1. The minimum atomic E-state index is -0.165. The van der Waals surface area contributed by atoms with Crippen molar-refractivity contribution in [1.82, 2.24) is 4.90 Å². The largest absolute Gasteiger partial charge is 0.505 e. The van der Waals surface area contributed by atoms with E-state index < -0.39 is 0 Å². The van der Waals surface area contributed by atoms with Gasteiger partial charge in [0, 0.05) is 12.3 Å². The lowest BCUT2D eigenvalue weighted by Gasteiger charge is -2.32. The predicted octanol–water partition coefficient (Wildman–Crippen LogP) is 4.16. The molecule has 2 aromatic carbocycles. The second kappa shape index (κ2) is 8.59. The van der Waals surface area contributed by atoms with Crippen molar-refractivity contribution in [3.8, 4) is 5.75 Å². The van der Waals surface area contributed by atoms with Gasteiger partial charge in [-0.1, -0.05) is 18.2 Å². The van der Waals surface area contributed by atoms with Gasteiger partial charge in [0.15, 0.2) is 5.75 Å². The molecule has 3 rings (SSSR count). The van der Waals surface area contributed by atoms with Gasteiger partial charge in [0.2, 0.25) is 0 Å². The first-order valence-corrected chi connectivity index (χ1v) is 9.77. The quantitative estimate of drug-likeness (QED) is 0.461. The van der Waals surface area contributed by atoms with Gasteiger partial charge in [-0.2, -0.15) is 0 Å². The molecule has 0 aromatic heterocycles. The summed E-state index contributed by atoms with van der Waals surface area (Å²) in [7, 11) is 0. The van der Waals surface area contributed by atoms with Gasteiger partial charge >= 0.3 is 0 Å². The molecular formula is C20H25FN2OS. The number of rotatable bonds is 6. The molecule has 134 valence electrons. The van der Waals surface area contributed by atoms with Crippen molar-refractivity contribution in [3.05, 3.63) is 53.8 Å². The third-order valence-electron chi connectivity index (χ3n) is 4.84. The number of benzene rings is 2. The fourth-order valence-electron chi connectivity index (χ4n) is 3.31. The average molecular weight is 360 g/mol. The number of thioether (sulfide) groups is 1. The lowest BCUT2D eigenvalue weighted by molar-refractivity contribution is 0.193. The molecule has 3 nitrogen and oxygen atoms in total. The van der Waals surface area contributed by atoms with Crippen LogP contribution in [0.15, 0.2) is 47.4 Å². The number of likely N-dealkylation sites (tertiary alicyclic amines) is 1. The third-order valence-corrected chi connectivity index (χ3v) is 5.87. The average Bonchev–Trinajstić information content (AvgIpc) is 2.62. The summed E-state index contributed by atoms with van der Waals surface area (Å²) in [5, 5.41) is 9.94. The Hall–Kier alpha value is -1.72. The number of hydrogen-bond donors (Lipinski definition) is 2. The molecule has 0 bridgehead atoms. The molecule has 1 aliphatic heterocycles. The molecule has 0 amide bonds. The van der Waals surface area contributed by atoms with Crippen LogP contribution in [0.1, 0.15) is 18.4 Å². The Bertz CT molecular complexity index is 685. The van der Waals surface area contributed by atoms with E-state index in [1.54, 1.807) is 30.0 Å². The number of phenols is 1. The highest BCUT2D eigenvalue weighted by molar-refractivity contribution is 7.99. The number of aromatic hydroxyl groups is 1. The van der Waals surface area contributed by atoms with Crippen LogP contribution in [0.25, 0.3) is 0 Å². The van der Waals surface area contributed by atoms with Gasteiger partial charge < -0.3 is 15.7 Å². The summed E-state index contributed by atoms with van der Waals surface area (Å²) in [6.07, 6.45) is 3.41. The first kappa shape index (κ1) is 18.1. The van der Waals surface area contributed by atoms with Crippen molar-refractivity contribution < 1.29 is 9.50 Å². The Kier molecular flexibility index (Phi) is 6.21. The zero-order chi connectivity index (χ0) is 17.6. The van der Waals surface area contributed by atoms with E-state index in [0.717, 1.165) is 36.7 Å². The van der Waals surface area contributed by atoms with Gasteiger partial charge in [-0.25, -0.2) is 4.39 Å². The number of para-hydroxylation sites is 1. The molecule has 3 N–H and O–H groups in total. The molecule has 0 saturated carbocycles. The summed E-state index contributed by atoms with van der Waals surface area (Å²) >= 11 is 1.65. The van der Waals surface area contributed by atoms with Crippen LogP contribution in [0.5, 0.6) is 5.75 Å². The Morgan fingerprint density at radius 2 is 1.84 bits per heavy atom. The van der Waals surface area contributed by atoms with E-state index in [4.69, 9.17) is 5.73 Å². The van der Waals surface area contributed by atoms with Crippen LogP contribution >= 0.6 is 11.8 Å². The lowest BCUT2D eigenvalue weighted by atomic mass is 9.90. The summed E-state index contributed by atoms with van der Waals surface area (Å²) < 4.78 is 13.0. The highest BCUT2D eigenvalue weighted by atomic mass is 32.2. The molecule has 1 heterocycles. The van der Waals surface area contributed by atoms with E-state index in [1.807, 2.05) is 24.3 Å². The van der Waals surface area contributed by atoms with Gasteiger partial charge in [-0.15, -0.1) is 11.8 Å². The molecule has 25 heavy (non-hydrogen) atoms. The number of nitrogens with zero attached hydrogens (tertiary/aromatic N) is 1. The summed E-state index contributed by atoms with van der Waals surface area (Å²) in [5.74, 6) is 1.67. The lowest BCUT2D eigenvalue weighted by Crippen LogP contribution is -2.35. The molecule has 1 aliphatic rings. The van der Waals surface area contributed by atoms with Crippen molar-refractivity contribution in [2.45, 2.75) is 24.2 Å². The van der Waals surface area contributed by atoms with Crippen molar-refractivity contribution in [1.29, 1.82) is 0 Å². The van der Waals surface area contributed by atoms with Gasteiger partial charge in [0.25, 0.3) is 0 Å². The second-order valence-corrected chi connectivity index (χ2v) is 7.79. The smallest absolute Gasteiger partial charge is 0.152 e. The minimum absolute atomic E-state index is 0.165. The van der Waals surface area contributed by atoms with Crippen molar-refractivity contribution >= 4 is 17.4 Å². The van der Waals surface area contributed by atoms with Crippen LogP contribution in [0.2, 0.25) is 0 Å². The zero-order valence-electron chi connectivity index (χ0n) is 14.3. The third kappa shape index (κ3) is 5.13. The highest BCUT2D eigenvalue weighted by Gasteiger charge is 2.19. The Balaban J connectivity index is 1.39. The monoisotopic (exact) mass is 360 g/mol. The van der Waals surface area contributed by atoms with E-state index in [9.17, 15) is 9.50 Å². The van der Waals surface area contributed by atoms with Crippen molar-refractivity contribution in [3.63, 3.8) is 0 Å². The first-order valence-electron chi connectivity index (χ1n) is 8.79. The van der Waals surface area contributed by atoms with E-state index in [1.165, 1.54) is 18.4 Å². The standard InChI is InChI=1S/C20H25FN2OS/c21-17-6-4-15(5-7-17)14-16-8-10-23(11-9-16)12-13-25-19-3-1-2-18(22)20(19)24/h1-7,16,24H,8-14,22H2. The number of phenolic OH excluding ortho intramolecular Hbond substituents is 1. The summed E-state index contributed by atoms with van der Waals surface area (Å²) in [6, 6.07) is 12.4. The molecule has 1 fully saturated rings. The maximum absolute atomic E-state index is 13.0. The molecule has 0 aliphatic carbocycles.